The summed E-state index contributed by atoms with van der Waals surface area (Å²) in [6.45, 7) is 3.23. The molecular weight excluding hydrogens is 404 g/mol. The van der Waals surface area contributed by atoms with E-state index < -0.39 is 57.9 Å². The lowest BCUT2D eigenvalue weighted by Crippen LogP contribution is -2.42. The summed E-state index contributed by atoms with van der Waals surface area (Å²) >= 11 is 0. The van der Waals surface area contributed by atoms with E-state index >= 15 is 0 Å². The molecule has 10 heteroatoms. The van der Waals surface area contributed by atoms with Crippen LogP contribution in [-0.2, 0) is 48.9 Å². The van der Waals surface area contributed by atoms with Gasteiger partial charge >= 0.3 is 17.9 Å². The molecule has 0 saturated carbocycles. The van der Waals surface area contributed by atoms with Gasteiger partial charge < -0.3 is 18.9 Å². The van der Waals surface area contributed by atoms with Crippen LogP contribution < -0.4 is 0 Å². The molecule has 2 rings (SSSR count). The first kappa shape index (κ1) is 22.8. The van der Waals surface area contributed by atoms with E-state index in [-0.39, 0.29) is 12.4 Å². The van der Waals surface area contributed by atoms with Crippen molar-refractivity contribution < 1.29 is 41.7 Å². The number of hydrogen-bond donors (Lipinski definition) is 0. The lowest BCUT2D eigenvalue weighted by Gasteiger charge is -2.23. The molecule has 1 saturated heterocycles. The Hall–Kier alpha value is -2.46. The summed E-state index contributed by atoms with van der Waals surface area (Å²) < 4.78 is 46.4. The first-order valence-corrected chi connectivity index (χ1v) is 10.8. The fourth-order valence-corrected chi connectivity index (χ4v) is 4.66. The number of benzene rings is 1. The summed E-state index contributed by atoms with van der Waals surface area (Å²) in [4.78, 5) is 34.2. The zero-order valence-electron chi connectivity index (χ0n) is 16.4. The maximum atomic E-state index is 12.7. The number of ether oxygens (including phenoxy) is 4. The molecule has 1 aromatic rings. The second kappa shape index (κ2) is 9.84. The van der Waals surface area contributed by atoms with Crippen molar-refractivity contribution in [2.24, 2.45) is 0 Å². The van der Waals surface area contributed by atoms with E-state index in [4.69, 9.17) is 18.9 Å². The molecule has 0 N–H and O–H groups in total. The summed E-state index contributed by atoms with van der Waals surface area (Å²) in [5.74, 6) is -2.63. The van der Waals surface area contributed by atoms with Gasteiger partial charge in [-0.2, -0.15) is 0 Å². The van der Waals surface area contributed by atoms with E-state index in [0.29, 0.717) is 5.56 Å². The number of rotatable bonds is 8. The molecule has 1 heterocycles. The number of esters is 3. The number of carbonyl (C=O) groups is 3. The first-order valence-electron chi connectivity index (χ1n) is 8.95. The van der Waals surface area contributed by atoms with Gasteiger partial charge in [-0.3, -0.25) is 14.4 Å². The SMILES string of the molecule is CC(=O)OC[C@H]1O[C@@H](CS(=O)(=O)Cc2ccccc2)[C@H](OC(C)=O)[C@@H]1OC(C)=O. The van der Waals surface area contributed by atoms with Crippen LogP contribution in [0.15, 0.2) is 30.3 Å². The van der Waals surface area contributed by atoms with Crippen LogP contribution in [0.25, 0.3) is 0 Å². The van der Waals surface area contributed by atoms with E-state index in [1.807, 2.05) is 0 Å². The smallest absolute Gasteiger partial charge is 0.303 e. The molecule has 0 aliphatic carbocycles. The van der Waals surface area contributed by atoms with Crippen LogP contribution in [-0.4, -0.2) is 63.1 Å². The highest BCUT2D eigenvalue weighted by Gasteiger charge is 2.50. The van der Waals surface area contributed by atoms with Gasteiger partial charge in [0.15, 0.2) is 22.0 Å². The Morgan fingerprint density at radius 2 is 1.45 bits per heavy atom. The molecule has 160 valence electrons. The Morgan fingerprint density at radius 1 is 0.897 bits per heavy atom. The highest BCUT2D eigenvalue weighted by atomic mass is 32.2. The van der Waals surface area contributed by atoms with E-state index in [1.54, 1.807) is 30.3 Å². The van der Waals surface area contributed by atoms with Gasteiger partial charge in [-0.15, -0.1) is 0 Å². The summed E-state index contributed by atoms with van der Waals surface area (Å²) in [6, 6.07) is 8.59. The third kappa shape index (κ3) is 7.13. The van der Waals surface area contributed by atoms with Crippen LogP contribution in [0.1, 0.15) is 26.3 Å². The first-order chi connectivity index (χ1) is 13.6. The second-order valence-corrected chi connectivity index (χ2v) is 8.81. The summed E-state index contributed by atoms with van der Waals surface area (Å²) in [7, 11) is -3.66. The van der Waals surface area contributed by atoms with E-state index in [9.17, 15) is 22.8 Å². The van der Waals surface area contributed by atoms with Crippen molar-refractivity contribution in [1.82, 2.24) is 0 Å². The minimum absolute atomic E-state index is 0.229. The third-order valence-electron chi connectivity index (χ3n) is 4.11. The van der Waals surface area contributed by atoms with E-state index in [1.165, 1.54) is 6.92 Å². The average molecular weight is 428 g/mol. The molecule has 0 spiro atoms. The van der Waals surface area contributed by atoms with E-state index in [0.717, 1.165) is 13.8 Å². The van der Waals surface area contributed by atoms with Gasteiger partial charge in [-0.05, 0) is 5.56 Å². The Balaban J connectivity index is 2.22. The normalized spacial score (nSPS) is 24.0. The highest BCUT2D eigenvalue weighted by molar-refractivity contribution is 7.90. The van der Waals surface area contributed by atoms with Gasteiger partial charge in [0.05, 0.1) is 11.5 Å². The van der Waals surface area contributed by atoms with Crippen LogP contribution in [0, 0.1) is 0 Å². The van der Waals surface area contributed by atoms with Crippen molar-refractivity contribution in [2.45, 2.75) is 50.9 Å². The lowest BCUT2D eigenvalue weighted by atomic mass is 10.1. The number of carbonyl (C=O) groups excluding carboxylic acids is 3. The largest absolute Gasteiger partial charge is 0.463 e. The fraction of sp³-hybridized carbons (Fsp3) is 0.526. The highest BCUT2D eigenvalue weighted by Crippen LogP contribution is 2.29. The summed E-state index contributed by atoms with van der Waals surface area (Å²) in [6.07, 6.45) is -4.31. The predicted octanol–water partition coefficient (Wildman–Crippen LogP) is 0.795. The molecule has 1 fully saturated rings. The zero-order valence-corrected chi connectivity index (χ0v) is 17.2. The standard InChI is InChI=1S/C19H24O9S/c1-12(20)25-9-16-18(26-13(2)21)19(27-14(3)22)17(28-16)11-29(23,24)10-15-7-5-4-6-8-15/h4-8,16-19H,9-11H2,1-3H3/t16-,17+,18-,19+/m1/s1. The van der Waals surface area contributed by atoms with Crippen molar-refractivity contribution >= 4 is 27.7 Å². The zero-order chi connectivity index (χ0) is 21.6. The van der Waals surface area contributed by atoms with Crippen LogP contribution in [0.4, 0.5) is 0 Å². The predicted molar refractivity (Wildman–Crippen MR) is 100 cm³/mol. The lowest BCUT2D eigenvalue weighted by molar-refractivity contribution is -0.165. The molecule has 9 nitrogen and oxygen atoms in total. The quantitative estimate of drug-likeness (QED) is 0.437. The minimum Gasteiger partial charge on any atom is -0.463 e. The van der Waals surface area contributed by atoms with E-state index in [2.05, 4.69) is 0 Å². The Kier molecular flexibility index (Phi) is 7.74. The monoisotopic (exact) mass is 428 g/mol. The molecule has 0 amide bonds. The second-order valence-electron chi connectivity index (χ2n) is 6.70. The summed E-state index contributed by atoms with van der Waals surface area (Å²) in [5, 5.41) is 0. The molecule has 29 heavy (non-hydrogen) atoms. The Bertz CT molecular complexity index is 834. The molecule has 0 unspecified atom stereocenters. The van der Waals surface area contributed by atoms with Crippen molar-refractivity contribution in [3.05, 3.63) is 35.9 Å². The van der Waals surface area contributed by atoms with Crippen LogP contribution in [0.3, 0.4) is 0 Å². The molecule has 0 radical (unpaired) electrons. The van der Waals surface area contributed by atoms with Crippen molar-refractivity contribution in [2.75, 3.05) is 12.4 Å². The molecule has 0 aromatic heterocycles. The minimum atomic E-state index is -3.66. The van der Waals surface area contributed by atoms with Gasteiger partial charge in [-0.1, -0.05) is 30.3 Å². The Labute approximate surface area is 169 Å². The molecule has 4 atom stereocenters. The molecule has 1 aliphatic heterocycles. The Morgan fingerprint density at radius 3 is 1.97 bits per heavy atom. The van der Waals surface area contributed by atoms with Crippen LogP contribution in [0.2, 0.25) is 0 Å². The number of hydrogen-bond acceptors (Lipinski definition) is 9. The van der Waals surface area contributed by atoms with Gasteiger partial charge in [-0.25, -0.2) is 8.42 Å². The topological polar surface area (TPSA) is 122 Å². The molecule has 1 aromatic carbocycles. The van der Waals surface area contributed by atoms with Gasteiger partial charge in [0.1, 0.15) is 18.8 Å². The third-order valence-corrected chi connectivity index (χ3v) is 5.72. The molecule has 1 aliphatic rings. The van der Waals surface area contributed by atoms with Crippen LogP contribution in [0.5, 0.6) is 0 Å². The van der Waals surface area contributed by atoms with Gasteiger partial charge in [0.2, 0.25) is 0 Å². The van der Waals surface area contributed by atoms with Crippen molar-refractivity contribution in [1.29, 1.82) is 0 Å². The maximum absolute atomic E-state index is 12.7. The maximum Gasteiger partial charge on any atom is 0.303 e. The average Bonchev–Trinajstić information content (AvgIpc) is 2.88. The summed E-state index contributed by atoms with van der Waals surface area (Å²) in [5.41, 5.74) is 0.600. The van der Waals surface area contributed by atoms with Crippen molar-refractivity contribution in [3.8, 4) is 0 Å². The fourth-order valence-electron chi connectivity index (χ4n) is 3.08. The van der Waals surface area contributed by atoms with Crippen LogP contribution >= 0.6 is 0 Å². The molecule has 0 bridgehead atoms. The van der Waals surface area contributed by atoms with Gasteiger partial charge in [0, 0.05) is 20.8 Å². The van der Waals surface area contributed by atoms with Gasteiger partial charge in [0.25, 0.3) is 0 Å². The van der Waals surface area contributed by atoms with Crippen molar-refractivity contribution in [3.63, 3.8) is 0 Å². The molecular formula is C19H24O9S. The number of sulfone groups is 1.